The quantitative estimate of drug-likeness (QED) is 0.435. The van der Waals surface area contributed by atoms with Gasteiger partial charge in [0.15, 0.2) is 11.2 Å². The second-order valence-corrected chi connectivity index (χ2v) is 9.52. The third kappa shape index (κ3) is 3.39. The minimum Gasteiger partial charge on any atom is -0.312 e. The number of aromatic nitrogens is 4. The van der Waals surface area contributed by atoms with Crippen molar-refractivity contribution in [3.8, 4) is 0 Å². The molecule has 164 valence electrons. The van der Waals surface area contributed by atoms with Crippen molar-refractivity contribution in [3.63, 3.8) is 0 Å². The molecule has 5 rings (SSSR count). The SMILES string of the molecule is Cc1ccc(N2C[C@H](C)Cn3c2nc2c3c(=O)n(Cc3ccc(Br)cc3)c(=O)n2C)cc1. The molecule has 0 fully saturated rings. The first-order valence-corrected chi connectivity index (χ1v) is 11.4. The van der Waals surface area contributed by atoms with Crippen molar-refractivity contribution in [1.82, 2.24) is 18.7 Å². The molecule has 1 aliphatic rings. The fraction of sp³-hybridized carbons (Fsp3) is 0.292. The van der Waals surface area contributed by atoms with Gasteiger partial charge in [-0.2, -0.15) is 4.98 Å². The standard InChI is InChI=1S/C24H24BrN5O2/c1-15-4-10-19(11-5-15)28-12-16(2)13-29-20-21(26-23(28)29)27(3)24(32)30(22(20)31)14-17-6-8-18(25)9-7-17/h4-11,16H,12-14H2,1-3H3/t16-/m0/s1. The Morgan fingerprint density at radius 1 is 1.03 bits per heavy atom. The van der Waals surface area contributed by atoms with Gasteiger partial charge < -0.3 is 9.47 Å². The van der Waals surface area contributed by atoms with Crippen LogP contribution in [-0.2, 0) is 20.1 Å². The number of aryl methyl sites for hydroxylation is 2. The number of imidazole rings is 1. The molecule has 2 aromatic carbocycles. The molecular weight excluding hydrogens is 470 g/mol. The first-order chi connectivity index (χ1) is 15.3. The van der Waals surface area contributed by atoms with E-state index in [9.17, 15) is 9.59 Å². The third-order valence-electron chi connectivity index (χ3n) is 6.04. The van der Waals surface area contributed by atoms with Crippen LogP contribution >= 0.6 is 15.9 Å². The molecule has 1 aliphatic heterocycles. The lowest BCUT2D eigenvalue weighted by molar-refractivity contribution is 0.458. The summed E-state index contributed by atoms with van der Waals surface area (Å²) in [5.41, 5.74) is 3.33. The summed E-state index contributed by atoms with van der Waals surface area (Å²) in [6.45, 7) is 5.92. The largest absolute Gasteiger partial charge is 0.332 e. The van der Waals surface area contributed by atoms with Crippen LogP contribution in [0.25, 0.3) is 11.2 Å². The van der Waals surface area contributed by atoms with E-state index in [1.807, 2.05) is 28.8 Å². The maximum absolute atomic E-state index is 13.6. The Balaban J connectivity index is 1.70. The second kappa shape index (κ2) is 7.78. The average Bonchev–Trinajstić information content (AvgIpc) is 3.16. The molecule has 0 saturated heterocycles. The van der Waals surface area contributed by atoms with E-state index in [1.54, 1.807) is 7.05 Å². The minimum atomic E-state index is -0.365. The molecular formula is C24H24BrN5O2. The zero-order chi connectivity index (χ0) is 22.6. The van der Waals surface area contributed by atoms with E-state index in [1.165, 1.54) is 14.7 Å². The minimum absolute atomic E-state index is 0.215. The van der Waals surface area contributed by atoms with Crippen molar-refractivity contribution in [2.24, 2.45) is 13.0 Å². The van der Waals surface area contributed by atoms with E-state index in [0.717, 1.165) is 22.3 Å². The lowest BCUT2D eigenvalue weighted by atomic mass is 10.1. The summed E-state index contributed by atoms with van der Waals surface area (Å²) in [5.74, 6) is 1.02. The Bertz CT molecular complexity index is 1430. The van der Waals surface area contributed by atoms with Crippen molar-refractivity contribution in [2.45, 2.75) is 26.9 Å². The molecule has 0 saturated carbocycles. The summed E-state index contributed by atoms with van der Waals surface area (Å²) in [5, 5.41) is 0. The van der Waals surface area contributed by atoms with Crippen LogP contribution in [0, 0.1) is 12.8 Å². The maximum atomic E-state index is 13.6. The van der Waals surface area contributed by atoms with Crippen LogP contribution in [0.1, 0.15) is 18.1 Å². The monoisotopic (exact) mass is 493 g/mol. The van der Waals surface area contributed by atoms with Crippen molar-refractivity contribution in [3.05, 3.63) is 85.0 Å². The average molecular weight is 494 g/mol. The molecule has 4 aromatic rings. The molecule has 0 radical (unpaired) electrons. The number of nitrogens with zero attached hydrogens (tertiary/aromatic N) is 5. The Morgan fingerprint density at radius 3 is 2.41 bits per heavy atom. The van der Waals surface area contributed by atoms with Gasteiger partial charge in [-0.15, -0.1) is 0 Å². The van der Waals surface area contributed by atoms with Gasteiger partial charge in [-0.05, 0) is 42.7 Å². The summed E-state index contributed by atoms with van der Waals surface area (Å²) in [6.07, 6.45) is 0. The predicted molar refractivity (Wildman–Crippen MR) is 130 cm³/mol. The Hall–Kier alpha value is -3.13. The zero-order valence-electron chi connectivity index (χ0n) is 18.2. The van der Waals surface area contributed by atoms with Gasteiger partial charge in [-0.3, -0.25) is 13.9 Å². The van der Waals surface area contributed by atoms with Crippen molar-refractivity contribution in [2.75, 3.05) is 11.4 Å². The number of hydrogen-bond donors (Lipinski definition) is 0. The number of hydrogen-bond acceptors (Lipinski definition) is 4. The van der Waals surface area contributed by atoms with Gasteiger partial charge in [-0.1, -0.05) is 52.7 Å². The fourth-order valence-electron chi connectivity index (χ4n) is 4.36. The third-order valence-corrected chi connectivity index (χ3v) is 6.57. The van der Waals surface area contributed by atoms with Gasteiger partial charge in [0.2, 0.25) is 5.95 Å². The van der Waals surface area contributed by atoms with Crippen LogP contribution in [0.5, 0.6) is 0 Å². The van der Waals surface area contributed by atoms with E-state index in [2.05, 4.69) is 58.9 Å². The van der Waals surface area contributed by atoms with E-state index in [0.29, 0.717) is 29.6 Å². The smallest absolute Gasteiger partial charge is 0.312 e. The molecule has 7 nitrogen and oxygen atoms in total. The maximum Gasteiger partial charge on any atom is 0.332 e. The van der Waals surface area contributed by atoms with Crippen LogP contribution in [-0.4, -0.2) is 25.2 Å². The lowest BCUT2D eigenvalue weighted by Crippen LogP contribution is -2.40. The summed E-state index contributed by atoms with van der Waals surface area (Å²) in [6, 6.07) is 15.9. The fourth-order valence-corrected chi connectivity index (χ4v) is 4.62. The van der Waals surface area contributed by atoms with Gasteiger partial charge in [-0.25, -0.2) is 4.79 Å². The molecule has 0 amide bonds. The highest BCUT2D eigenvalue weighted by atomic mass is 79.9. The van der Waals surface area contributed by atoms with Crippen LogP contribution in [0.3, 0.4) is 0 Å². The molecule has 0 aliphatic carbocycles. The number of benzene rings is 2. The van der Waals surface area contributed by atoms with E-state index in [-0.39, 0.29) is 17.8 Å². The molecule has 8 heteroatoms. The number of fused-ring (bicyclic) bond motifs is 3. The highest BCUT2D eigenvalue weighted by Crippen LogP contribution is 2.32. The topological polar surface area (TPSA) is 65.1 Å². The zero-order valence-corrected chi connectivity index (χ0v) is 19.8. The summed E-state index contributed by atoms with van der Waals surface area (Å²) in [4.78, 5) is 33.6. The second-order valence-electron chi connectivity index (χ2n) is 8.61. The number of halogens is 1. The first-order valence-electron chi connectivity index (χ1n) is 10.6. The van der Waals surface area contributed by atoms with E-state index >= 15 is 0 Å². The van der Waals surface area contributed by atoms with Gasteiger partial charge in [0.05, 0.1) is 6.54 Å². The van der Waals surface area contributed by atoms with Crippen molar-refractivity contribution < 1.29 is 0 Å². The highest BCUT2D eigenvalue weighted by molar-refractivity contribution is 9.10. The van der Waals surface area contributed by atoms with Gasteiger partial charge in [0.25, 0.3) is 5.56 Å². The Kier molecular flexibility index (Phi) is 5.04. The number of anilines is 2. The van der Waals surface area contributed by atoms with E-state index in [4.69, 9.17) is 4.98 Å². The van der Waals surface area contributed by atoms with Crippen LogP contribution in [0.4, 0.5) is 11.6 Å². The van der Waals surface area contributed by atoms with Crippen molar-refractivity contribution >= 4 is 38.7 Å². The molecule has 3 heterocycles. The molecule has 0 spiro atoms. The predicted octanol–water partition coefficient (Wildman–Crippen LogP) is 3.80. The van der Waals surface area contributed by atoms with Crippen LogP contribution in [0.15, 0.2) is 62.6 Å². The van der Waals surface area contributed by atoms with Gasteiger partial charge in [0, 0.05) is 30.3 Å². The van der Waals surface area contributed by atoms with Crippen LogP contribution in [0.2, 0.25) is 0 Å². The normalized spacial score (nSPS) is 15.9. The van der Waals surface area contributed by atoms with Crippen LogP contribution < -0.4 is 16.1 Å². The van der Waals surface area contributed by atoms with Crippen molar-refractivity contribution in [1.29, 1.82) is 0 Å². The van der Waals surface area contributed by atoms with Gasteiger partial charge >= 0.3 is 5.69 Å². The first kappa shape index (κ1) is 20.8. The van der Waals surface area contributed by atoms with E-state index < -0.39 is 0 Å². The molecule has 32 heavy (non-hydrogen) atoms. The number of rotatable bonds is 3. The molecule has 0 N–H and O–H groups in total. The summed E-state index contributed by atoms with van der Waals surface area (Å²) in [7, 11) is 1.68. The highest BCUT2D eigenvalue weighted by Gasteiger charge is 2.29. The molecule has 0 bridgehead atoms. The summed E-state index contributed by atoms with van der Waals surface area (Å²) < 4.78 is 5.71. The Morgan fingerprint density at radius 2 is 1.72 bits per heavy atom. The Labute approximate surface area is 193 Å². The molecule has 0 unspecified atom stereocenters. The molecule has 1 atom stereocenters. The molecule has 2 aromatic heterocycles. The summed E-state index contributed by atoms with van der Waals surface area (Å²) >= 11 is 3.42. The van der Waals surface area contributed by atoms with Gasteiger partial charge in [0.1, 0.15) is 0 Å². The lowest BCUT2D eigenvalue weighted by Gasteiger charge is -2.33.